The molecule has 0 aliphatic carbocycles. The SMILES string of the molecule is COCC(=O)N[C@H](C(=O)NC1CCCNC1C)C(C)C. The van der Waals surface area contributed by atoms with Gasteiger partial charge < -0.3 is 20.7 Å². The number of nitrogens with one attached hydrogen (secondary N) is 3. The van der Waals surface area contributed by atoms with Crippen molar-refractivity contribution < 1.29 is 14.3 Å². The first-order chi connectivity index (χ1) is 9.45. The fourth-order valence-corrected chi connectivity index (χ4v) is 2.39. The Labute approximate surface area is 121 Å². The van der Waals surface area contributed by atoms with Crippen LogP contribution in [0.25, 0.3) is 0 Å². The fourth-order valence-electron chi connectivity index (χ4n) is 2.39. The maximum atomic E-state index is 12.3. The van der Waals surface area contributed by atoms with Crippen molar-refractivity contribution in [2.75, 3.05) is 20.3 Å². The van der Waals surface area contributed by atoms with E-state index in [9.17, 15) is 9.59 Å². The van der Waals surface area contributed by atoms with E-state index in [1.165, 1.54) is 7.11 Å². The molecule has 0 aromatic heterocycles. The molecule has 3 atom stereocenters. The summed E-state index contributed by atoms with van der Waals surface area (Å²) in [4.78, 5) is 23.9. The minimum atomic E-state index is -0.522. The normalized spacial score (nSPS) is 24.2. The Morgan fingerprint density at radius 3 is 2.65 bits per heavy atom. The van der Waals surface area contributed by atoms with Crippen LogP contribution in [0.15, 0.2) is 0 Å². The van der Waals surface area contributed by atoms with Crippen LogP contribution in [-0.4, -0.2) is 50.2 Å². The lowest BCUT2D eigenvalue weighted by atomic mass is 9.97. The first-order valence-corrected chi connectivity index (χ1v) is 7.27. The lowest BCUT2D eigenvalue weighted by molar-refractivity contribution is -0.132. The molecule has 0 aromatic carbocycles. The molecular formula is C14H27N3O3. The van der Waals surface area contributed by atoms with E-state index in [-0.39, 0.29) is 36.4 Å². The van der Waals surface area contributed by atoms with Crippen molar-refractivity contribution in [3.8, 4) is 0 Å². The third kappa shape index (κ3) is 5.09. The Hall–Kier alpha value is -1.14. The maximum Gasteiger partial charge on any atom is 0.246 e. The number of piperidine rings is 1. The van der Waals surface area contributed by atoms with Crippen molar-refractivity contribution in [2.24, 2.45) is 5.92 Å². The zero-order valence-electron chi connectivity index (χ0n) is 12.9. The number of carbonyl (C=O) groups excluding carboxylic acids is 2. The van der Waals surface area contributed by atoms with Crippen LogP contribution in [0, 0.1) is 5.92 Å². The fraction of sp³-hybridized carbons (Fsp3) is 0.857. The van der Waals surface area contributed by atoms with Crippen LogP contribution in [0.4, 0.5) is 0 Å². The highest BCUT2D eigenvalue weighted by molar-refractivity contribution is 5.88. The summed E-state index contributed by atoms with van der Waals surface area (Å²) in [6, 6.07) is -0.140. The number of ether oxygens (including phenoxy) is 1. The average Bonchev–Trinajstić information content (AvgIpc) is 2.38. The second kappa shape index (κ2) is 8.21. The van der Waals surface area contributed by atoms with E-state index >= 15 is 0 Å². The van der Waals surface area contributed by atoms with Gasteiger partial charge in [-0.2, -0.15) is 0 Å². The molecule has 1 aliphatic heterocycles. The number of hydrogen-bond acceptors (Lipinski definition) is 4. The lowest BCUT2D eigenvalue weighted by Gasteiger charge is -2.32. The predicted octanol–water partition coefficient (Wildman–Crippen LogP) is 0.0303. The highest BCUT2D eigenvalue weighted by Crippen LogP contribution is 2.10. The van der Waals surface area contributed by atoms with Gasteiger partial charge in [0.25, 0.3) is 0 Å². The van der Waals surface area contributed by atoms with Gasteiger partial charge in [0.2, 0.25) is 11.8 Å². The summed E-state index contributed by atoms with van der Waals surface area (Å²) in [6.07, 6.45) is 2.02. The van der Waals surface area contributed by atoms with E-state index < -0.39 is 6.04 Å². The predicted molar refractivity (Wildman–Crippen MR) is 77.3 cm³/mol. The second-order valence-electron chi connectivity index (χ2n) is 5.72. The summed E-state index contributed by atoms with van der Waals surface area (Å²) < 4.78 is 4.78. The topological polar surface area (TPSA) is 79.5 Å². The van der Waals surface area contributed by atoms with Crippen LogP contribution in [0.1, 0.15) is 33.6 Å². The number of methoxy groups -OCH3 is 1. The Bertz CT molecular complexity index is 334. The summed E-state index contributed by atoms with van der Waals surface area (Å²) in [5.41, 5.74) is 0. The molecule has 0 aromatic rings. The molecule has 1 aliphatic rings. The molecular weight excluding hydrogens is 258 g/mol. The van der Waals surface area contributed by atoms with Crippen LogP contribution in [0.3, 0.4) is 0 Å². The Morgan fingerprint density at radius 2 is 2.10 bits per heavy atom. The van der Waals surface area contributed by atoms with E-state index in [1.54, 1.807) is 0 Å². The summed E-state index contributed by atoms with van der Waals surface area (Å²) in [5, 5.41) is 9.11. The van der Waals surface area contributed by atoms with Gasteiger partial charge in [0, 0.05) is 19.2 Å². The van der Waals surface area contributed by atoms with Gasteiger partial charge in [0.05, 0.1) is 0 Å². The second-order valence-corrected chi connectivity index (χ2v) is 5.72. The van der Waals surface area contributed by atoms with Gasteiger partial charge in [-0.1, -0.05) is 13.8 Å². The van der Waals surface area contributed by atoms with Gasteiger partial charge in [-0.05, 0) is 32.2 Å². The summed E-state index contributed by atoms with van der Waals surface area (Å²) in [7, 11) is 1.46. The Kier molecular flexibility index (Phi) is 6.95. The zero-order valence-corrected chi connectivity index (χ0v) is 12.9. The van der Waals surface area contributed by atoms with Crippen molar-refractivity contribution in [1.29, 1.82) is 0 Å². The third-order valence-electron chi connectivity index (χ3n) is 3.63. The molecule has 0 bridgehead atoms. The average molecular weight is 285 g/mol. The Balaban J connectivity index is 2.57. The molecule has 0 saturated carbocycles. The standard InChI is InChI=1S/C14H27N3O3/c1-9(2)13(17-12(18)8-20-4)14(19)16-11-6-5-7-15-10(11)3/h9-11,13,15H,5-8H2,1-4H3,(H,16,19)(H,17,18)/t10?,11?,13-/m0/s1. The molecule has 2 unspecified atom stereocenters. The Morgan fingerprint density at radius 1 is 1.40 bits per heavy atom. The number of hydrogen-bond donors (Lipinski definition) is 3. The molecule has 6 nitrogen and oxygen atoms in total. The van der Waals surface area contributed by atoms with Crippen LogP contribution in [0.2, 0.25) is 0 Å². The monoisotopic (exact) mass is 285 g/mol. The van der Waals surface area contributed by atoms with Crippen LogP contribution >= 0.6 is 0 Å². The number of carbonyl (C=O) groups is 2. The molecule has 3 N–H and O–H groups in total. The minimum Gasteiger partial charge on any atom is -0.375 e. The van der Waals surface area contributed by atoms with Crippen molar-refractivity contribution >= 4 is 11.8 Å². The van der Waals surface area contributed by atoms with E-state index in [2.05, 4.69) is 22.9 Å². The first kappa shape index (κ1) is 16.9. The highest BCUT2D eigenvalue weighted by Gasteiger charge is 2.28. The van der Waals surface area contributed by atoms with Crippen molar-refractivity contribution in [1.82, 2.24) is 16.0 Å². The largest absolute Gasteiger partial charge is 0.375 e. The van der Waals surface area contributed by atoms with Gasteiger partial charge in [0.15, 0.2) is 0 Å². The molecule has 2 amide bonds. The van der Waals surface area contributed by atoms with Gasteiger partial charge in [0.1, 0.15) is 12.6 Å². The highest BCUT2D eigenvalue weighted by atomic mass is 16.5. The van der Waals surface area contributed by atoms with Gasteiger partial charge in [-0.25, -0.2) is 0 Å². The van der Waals surface area contributed by atoms with Gasteiger partial charge in [-0.15, -0.1) is 0 Å². The molecule has 6 heteroatoms. The van der Waals surface area contributed by atoms with Crippen LogP contribution in [-0.2, 0) is 14.3 Å². The third-order valence-corrected chi connectivity index (χ3v) is 3.63. The lowest BCUT2D eigenvalue weighted by Crippen LogP contribution is -2.57. The van der Waals surface area contributed by atoms with Crippen molar-refractivity contribution in [3.63, 3.8) is 0 Å². The minimum absolute atomic E-state index is 0.0299. The van der Waals surface area contributed by atoms with E-state index in [0.29, 0.717) is 0 Å². The smallest absolute Gasteiger partial charge is 0.246 e. The summed E-state index contributed by atoms with van der Waals surface area (Å²) in [6.45, 7) is 6.86. The molecule has 20 heavy (non-hydrogen) atoms. The maximum absolute atomic E-state index is 12.3. The van der Waals surface area contributed by atoms with Crippen LogP contribution in [0.5, 0.6) is 0 Å². The van der Waals surface area contributed by atoms with Gasteiger partial charge >= 0.3 is 0 Å². The molecule has 1 fully saturated rings. The molecule has 1 heterocycles. The van der Waals surface area contributed by atoms with Crippen molar-refractivity contribution in [3.05, 3.63) is 0 Å². The van der Waals surface area contributed by atoms with E-state index in [4.69, 9.17) is 4.74 Å². The summed E-state index contributed by atoms with van der Waals surface area (Å²) >= 11 is 0. The number of rotatable bonds is 6. The molecule has 0 spiro atoms. The molecule has 116 valence electrons. The number of amides is 2. The molecule has 1 saturated heterocycles. The first-order valence-electron chi connectivity index (χ1n) is 7.27. The molecule has 0 radical (unpaired) electrons. The molecule has 1 rings (SSSR count). The quantitative estimate of drug-likeness (QED) is 0.643. The van der Waals surface area contributed by atoms with E-state index in [0.717, 1.165) is 19.4 Å². The zero-order chi connectivity index (χ0) is 15.1. The van der Waals surface area contributed by atoms with Gasteiger partial charge in [-0.3, -0.25) is 9.59 Å². The van der Waals surface area contributed by atoms with Crippen molar-refractivity contribution in [2.45, 2.75) is 51.7 Å². The summed E-state index contributed by atoms with van der Waals surface area (Å²) in [5.74, 6) is -0.358. The van der Waals surface area contributed by atoms with E-state index in [1.807, 2.05) is 13.8 Å². The van der Waals surface area contributed by atoms with Crippen LogP contribution < -0.4 is 16.0 Å².